The van der Waals surface area contributed by atoms with Gasteiger partial charge in [-0.1, -0.05) is 54.6 Å². The molecule has 0 radical (unpaired) electrons. The van der Waals surface area contributed by atoms with Crippen LogP contribution in [0, 0.1) is 0 Å². The molecule has 56 heavy (non-hydrogen) atoms. The molecule has 0 aliphatic rings. The zero-order valence-corrected chi connectivity index (χ0v) is 28.5. The summed E-state index contributed by atoms with van der Waals surface area (Å²) in [5, 5.41) is 6.39. The van der Waals surface area contributed by atoms with Crippen LogP contribution in [-0.4, -0.2) is 59.4 Å². The molecule has 0 aromatic heterocycles. The lowest BCUT2D eigenvalue weighted by molar-refractivity contribution is -0.461. The summed E-state index contributed by atoms with van der Waals surface area (Å²) < 4.78 is 235. The number of rotatable bonds is 15. The van der Waals surface area contributed by atoms with Crippen molar-refractivity contribution in [1.82, 2.24) is 0 Å². The second kappa shape index (κ2) is 14.3. The van der Waals surface area contributed by atoms with E-state index in [4.69, 9.17) is 4.74 Å². The molecule has 0 unspecified atom stereocenters. The van der Waals surface area contributed by atoms with Crippen LogP contribution in [0.4, 0.5) is 74.6 Å². The third-order valence-electron chi connectivity index (χ3n) is 8.97. The molecule has 0 saturated carbocycles. The van der Waals surface area contributed by atoms with Crippen molar-refractivity contribution in [2.45, 2.75) is 78.2 Å². The number of hydrogen-bond donors (Lipinski definition) is 0. The second-order valence-electron chi connectivity index (χ2n) is 12.6. The zero-order valence-electron chi connectivity index (χ0n) is 27.7. The Morgan fingerprint density at radius 1 is 0.536 bits per heavy atom. The molecule has 0 N–H and O–H groups in total. The van der Waals surface area contributed by atoms with Crippen LogP contribution in [0.2, 0.25) is 0 Å². The smallest absolute Gasteiger partial charge is 0.427 e. The lowest BCUT2D eigenvalue weighted by Gasteiger charge is -2.42. The Labute approximate surface area is 308 Å². The first-order valence-corrected chi connectivity index (χ1v) is 16.9. The Kier molecular flexibility index (Phi) is 11.0. The van der Waals surface area contributed by atoms with Crippen molar-refractivity contribution in [1.29, 1.82) is 0 Å². The van der Waals surface area contributed by atoms with E-state index in [-0.39, 0.29) is 28.8 Å². The molecule has 0 aliphatic carbocycles. The van der Waals surface area contributed by atoms with Gasteiger partial charge in [0.2, 0.25) is 0 Å². The van der Waals surface area contributed by atoms with E-state index in [2.05, 4.69) is 0 Å². The number of alkyl halides is 17. The molecule has 0 spiro atoms. The van der Waals surface area contributed by atoms with Crippen molar-refractivity contribution in [2.75, 3.05) is 5.75 Å². The van der Waals surface area contributed by atoms with E-state index in [1.54, 1.807) is 0 Å². The third kappa shape index (κ3) is 6.92. The van der Waals surface area contributed by atoms with Crippen LogP contribution >= 0.6 is 11.8 Å². The van der Waals surface area contributed by atoms with Gasteiger partial charge < -0.3 is 4.74 Å². The predicted molar refractivity (Wildman–Crippen MR) is 171 cm³/mol. The number of benzene rings is 5. The summed E-state index contributed by atoms with van der Waals surface area (Å²) in [6, 6.07) is 22.3. The molecular weight excluding hydrogens is 819 g/mol. The predicted octanol–water partition coefficient (Wildman–Crippen LogP) is 13.0. The number of hydrogen-bond acceptors (Lipinski definition) is 3. The summed E-state index contributed by atoms with van der Waals surface area (Å²) >= 11 is 0.161. The minimum Gasteiger partial charge on any atom is -0.427 e. The largest absolute Gasteiger partial charge is 0.460 e. The number of ether oxygens (including phenoxy) is 1. The Bertz CT molecular complexity index is 2180. The van der Waals surface area contributed by atoms with Crippen molar-refractivity contribution in [2.24, 2.45) is 0 Å². The highest BCUT2D eigenvalue weighted by molar-refractivity contribution is 7.99. The number of carbonyl (C=O) groups excluding carboxylic acids is 1. The van der Waals surface area contributed by atoms with E-state index in [9.17, 15) is 79.4 Å². The van der Waals surface area contributed by atoms with Crippen LogP contribution in [0.25, 0.3) is 32.3 Å². The molecule has 5 aromatic rings. The van der Waals surface area contributed by atoms with Crippen molar-refractivity contribution in [3.63, 3.8) is 0 Å². The van der Waals surface area contributed by atoms with Gasteiger partial charge in [0.05, 0.1) is 0 Å². The maximum atomic E-state index is 14.2. The lowest BCUT2D eigenvalue weighted by atomic mass is 9.88. The van der Waals surface area contributed by atoms with Crippen molar-refractivity contribution >= 4 is 50.0 Å². The van der Waals surface area contributed by atoms with Crippen LogP contribution in [0.1, 0.15) is 24.8 Å². The van der Waals surface area contributed by atoms with Crippen LogP contribution < -0.4 is 4.74 Å². The normalized spacial score (nSPS) is 14.3. The van der Waals surface area contributed by atoms with Crippen LogP contribution in [-0.2, 0) is 11.2 Å². The van der Waals surface area contributed by atoms with Gasteiger partial charge in [0.1, 0.15) is 5.75 Å². The van der Waals surface area contributed by atoms with E-state index in [0.29, 0.717) is 12.8 Å². The minimum absolute atomic E-state index is 0.0558. The lowest BCUT2D eigenvalue weighted by Crippen LogP contribution is -2.74. The molecule has 20 heteroatoms. The first-order valence-electron chi connectivity index (χ1n) is 15.9. The first-order chi connectivity index (χ1) is 25.6. The maximum absolute atomic E-state index is 14.2. The molecule has 0 atom stereocenters. The van der Waals surface area contributed by atoms with Gasteiger partial charge in [0.25, 0.3) is 0 Å². The Balaban J connectivity index is 1.16. The minimum atomic E-state index is -8.66. The van der Waals surface area contributed by atoms with Crippen molar-refractivity contribution in [3.05, 3.63) is 84.4 Å². The van der Waals surface area contributed by atoms with Gasteiger partial charge in [-0.2, -0.15) is 74.6 Å². The van der Waals surface area contributed by atoms with Gasteiger partial charge in [-0.15, -0.1) is 11.8 Å². The molecule has 0 heterocycles. The molecule has 0 aliphatic heterocycles. The summed E-state index contributed by atoms with van der Waals surface area (Å²) in [4.78, 5) is 12.4. The van der Waals surface area contributed by atoms with Crippen LogP contribution in [0.15, 0.2) is 83.8 Å². The fraction of sp³-hybridized carbons (Fsp3) is 0.361. The highest BCUT2D eigenvalue weighted by atomic mass is 32.2. The molecule has 5 rings (SSSR count). The van der Waals surface area contributed by atoms with Gasteiger partial charge in [-0.25, -0.2) is 0 Å². The number of aryl methyl sites for hydroxylation is 1. The third-order valence-corrected chi connectivity index (χ3v) is 9.99. The molecule has 0 saturated heterocycles. The summed E-state index contributed by atoms with van der Waals surface area (Å²) in [5.41, 5.74) is 0.982. The van der Waals surface area contributed by atoms with Gasteiger partial charge >= 0.3 is 53.6 Å². The fourth-order valence-electron chi connectivity index (χ4n) is 5.87. The average Bonchev–Trinajstić information content (AvgIpc) is 3.10. The quantitative estimate of drug-likeness (QED) is 0.0345. The fourth-order valence-corrected chi connectivity index (χ4v) is 6.80. The molecule has 2 nitrogen and oxygen atoms in total. The maximum Gasteiger partial charge on any atom is 0.460 e. The van der Waals surface area contributed by atoms with Crippen LogP contribution in [0.5, 0.6) is 5.75 Å². The first kappa shape index (κ1) is 42.9. The Hall–Kier alpha value is -4.23. The monoisotopic (exact) mass is 842 g/mol. The molecular formula is C36H23F17O2S. The van der Waals surface area contributed by atoms with Gasteiger partial charge in [-0.05, 0) is 75.0 Å². The summed E-state index contributed by atoms with van der Waals surface area (Å²) in [7, 11) is 0. The number of halogens is 17. The SMILES string of the molecule is O=C(CCCc1ccc2ccc3cccc4ccc1c2c34)Oc1ccc(SCCC(F)(F)C(F)(F)C(F)(F)C(F)(F)C(F)(F)C(F)(F)C(F)(F)C(F)(F)F)cc1. The van der Waals surface area contributed by atoms with Crippen molar-refractivity contribution in [3.8, 4) is 5.75 Å². The van der Waals surface area contributed by atoms with Crippen molar-refractivity contribution < 1.29 is 84.2 Å². The summed E-state index contributed by atoms with van der Waals surface area (Å²) in [5.74, 6) is -58.7. The number of thioether (sulfide) groups is 1. The Morgan fingerprint density at radius 3 is 1.57 bits per heavy atom. The van der Waals surface area contributed by atoms with Gasteiger partial charge in [0, 0.05) is 23.5 Å². The topological polar surface area (TPSA) is 26.3 Å². The molecule has 0 bridgehead atoms. The summed E-state index contributed by atoms with van der Waals surface area (Å²) in [6.07, 6.45) is -9.56. The van der Waals surface area contributed by atoms with Gasteiger partial charge in [-0.3, -0.25) is 4.79 Å². The molecule has 304 valence electrons. The van der Waals surface area contributed by atoms with Crippen LogP contribution in [0.3, 0.4) is 0 Å². The highest BCUT2D eigenvalue weighted by Gasteiger charge is 2.95. The van der Waals surface area contributed by atoms with E-state index in [0.717, 1.165) is 62.1 Å². The molecule has 5 aromatic carbocycles. The van der Waals surface area contributed by atoms with E-state index in [1.807, 2.05) is 54.6 Å². The van der Waals surface area contributed by atoms with E-state index < -0.39 is 65.8 Å². The van der Waals surface area contributed by atoms with E-state index in [1.165, 1.54) is 0 Å². The standard InChI is InChI=1S/C36H23F17O2S/c37-29(38,30(39,40)31(41,42)32(43,44)33(45,46)34(47,48)35(49,50)36(51,52)53)17-18-56-24-14-12-23(13-15-24)55-26(54)6-2-3-19-7-8-22-10-9-20-4-1-5-21-11-16-25(19)28(22)27(20)21/h1,4-5,7-16H,2-3,6,17-18H2. The summed E-state index contributed by atoms with van der Waals surface area (Å²) in [6.45, 7) is 0. The van der Waals surface area contributed by atoms with E-state index >= 15 is 0 Å². The molecule has 0 fully saturated rings. The highest BCUT2D eigenvalue weighted by Crippen LogP contribution is 2.64. The second-order valence-corrected chi connectivity index (χ2v) is 13.8. The Morgan fingerprint density at radius 2 is 1.02 bits per heavy atom. The van der Waals surface area contributed by atoms with Gasteiger partial charge in [0.15, 0.2) is 0 Å². The average molecular weight is 843 g/mol. The number of carbonyl (C=O) groups is 1. The molecule has 0 amide bonds. The zero-order chi connectivity index (χ0) is 41.9. The number of esters is 1.